The Morgan fingerprint density at radius 2 is 0.969 bits per heavy atom. The number of hydrogen-bond donors (Lipinski definition) is 0. The number of ether oxygens (including phenoxy) is 1. The number of fused-ring (bicyclic) bond motifs is 12. The average Bonchev–Trinajstić information content (AvgIpc) is 3.58. The second kappa shape index (κ2) is 15.0. The third kappa shape index (κ3) is 6.24. The number of nitrogens with zero attached hydrogens (tertiary/aromatic N) is 4. The predicted molar refractivity (Wildman–Crippen MR) is 259 cm³/mol. The van der Waals surface area contributed by atoms with E-state index in [1.165, 1.54) is 22.3 Å². The van der Waals surface area contributed by atoms with Gasteiger partial charge in [-0.15, -0.1) is 0 Å². The van der Waals surface area contributed by atoms with Crippen molar-refractivity contribution in [2.45, 2.75) is 19.3 Å². The summed E-state index contributed by atoms with van der Waals surface area (Å²) < 4.78 is 7.31. The van der Waals surface area contributed by atoms with Gasteiger partial charge >= 0.3 is 0 Å². The van der Waals surface area contributed by atoms with Gasteiger partial charge in [-0.25, -0.2) is 9.97 Å². The molecule has 0 N–H and O–H groups in total. The van der Waals surface area contributed by atoms with Gasteiger partial charge in [-0.3, -0.25) is 9.97 Å². The molecule has 0 fully saturated rings. The van der Waals surface area contributed by atoms with Crippen molar-refractivity contribution < 1.29 is 4.74 Å². The Labute approximate surface area is 372 Å². The molecule has 0 unspecified atom stereocenters. The maximum Gasteiger partial charge on any atom is 0.161 e. The largest absolute Gasteiger partial charge is 0.456 e. The number of para-hydroxylation sites is 1. The number of pyridine rings is 2. The Bertz CT molecular complexity index is 3430. The second-order valence-electron chi connectivity index (χ2n) is 17.0. The van der Waals surface area contributed by atoms with Crippen molar-refractivity contribution in [3.05, 3.63) is 218 Å². The van der Waals surface area contributed by atoms with E-state index in [-0.39, 0.29) is 5.41 Å². The molecule has 1 aliphatic carbocycles. The van der Waals surface area contributed by atoms with Crippen LogP contribution in [0.2, 0.25) is 0 Å². The summed E-state index contributed by atoms with van der Waals surface area (Å²) in [5, 5.41) is 0. The van der Waals surface area contributed by atoms with E-state index in [1.54, 1.807) is 6.20 Å². The zero-order valence-electron chi connectivity index (χ0n) is 35.3. The molecule has 0 saturated carbocycles. The summed E-state index contributed by atoms with van der Waals surface area (Å²) >= 11 is 0. The van der Waals surface area contributed by atoms with E-state index in [9.17, 15) is 0 Å². The molecule has 0 radical (unpaired) electrons. The molecule has 12 rings (SSSR count). The zero-order chi connectivity index (χ0) is 42.8. The second-order valence-corrected chi connectivity index (χ2v) is 17.0. The Morgan fingerprint density at radius 3 is 1.67 bits per heavy atom. The molecule has 0 saturated heterocycles. The summed E-state index contributed by atoms with van der Waals surface area (Å²) in [6.07, 6.45) is 5.45. The maximum absolute atomic E-state index is 7.31. The van der Waals surface area contributed by atoms with Crippen LogP contribution in [-0.4, -0.2) is 19.9 Å². The van der Waals surface area contributed by atoms with Crippen LogP contribution in [0.4, 0.5) is 0 Å². The lowest BCUT2D eigenvalue weighted by Gasteiger charge is -2.24. The molecular weight excluding hydrogens is 781 g/mol. The van der Waals surface area contributed by atoms with Crippen LogP contribution in [0.15, 0.2) is 207 Å². The Morgan fingerprint density at radius 1 is 0.359 bits per heavy atom. The van der Waals surface area contributed by atoms with E-state index in [2.05, 4.69) is 164 Å². The van der Waals surface area contributed by atoms with Crippen LogP contribution >= 0.6 is 0 Å². The molecule has 10 aromatic rings. The van der Waals surface area contributed by atoms with Crippen molar-refractivity contribution in [3.63, 3.8) is 0 Å². The molecule has 1 aliphatic heterocycles. The van der Waals surface area contributed by atoms with Crippen LogP contribution in [0.25, 0.3) is 101 Å². The van der Waals surface area contributed by atoms with Crippen molar-refractivity contribution in [1.82, 2.24) is 19.9 Å². The molecule has 3 aromatic heterocycles. The fraction of sp³-hybridized carbons (Fsp3) is 0.0508. The molecule has 64 heavy (non-hydrogen) atoms. The molecule has 0 spiro atoms. The molecule has 7 aromatic carbocycles. The van der Waals surface area contributed by atoms with E-state index in [0.29, 0.717) is 5.82 Å². The van der Waals surface area contributed by atoms with Crippen LogP contribution in [0.1, 0.15) is 25.0 Å². The van der Waals surface area contributed by atoms with E-state index >= 15 is 0 Å². The maximum atomic E-state index is 7.31. The molecule has 4 heterocycles. The summed E-state index contributed by atoms with van der Waals surface area (Å²) in [5.74, 6) is 2.20. The SMILES string of the molecule is CC1(C)c2ccccc2-c2cc3c(cc21)Oc1ccccc1-c1ccccc1-c1ccccc1-c1ccc(-c2cc(-c4ccccc4)nc(-c4ccc(-c5cccnc5)nc4)n2)cc1-3. The van der Waals surface area contributed by atoms with Crippen molar-refractivity contribution in [2.75, 3.05) is 0 Å². The quantitative estimate of drug-likeness (QED) is 0.177. The first-order valence-corrected chi connectivity index (χ1v) is 21.7. The zero-order valence-corrected chi connectivity index (χ0v) is 35.3. The summed E-state index contributed by atoms with van der Waals surface area (Å²) in [5.41, 5.74) is 19.7. The van der Waals surface area contributed by atoms with Gasteiger partial charge in [-0.2, -0.15) is 0 Å². The Hall–Kier alpha value is -8.28. The standard InChI is InChI=1S/C59H40N4O/c1-59(2)51-24-12-10-22-46(51)49-32-50-48-31-38(55-34-54(37-15-4-3-5-16-37)62-58(63-55)40-27-29-53(61-36-40)39-17-14-30-60-35-39)26-28-45(48)43-20-7-6-18-41(43)42-19-8-9-21-44(42)47-23-11-13-25-56(47)64-57(50)33-52(49)59/h3-36H,1-2H3. The molecule has 5 nitrogen and oxygen atoms in total. The lowest BCUT2D eigenvalue weighted by atomic mass is 9.81. The van der Waals surface area contributed by atoms with Crippen LogP contribution < -0.4 is 4.74 Å². The number of benzene rings is 7. The topological polar surface area (TPSA) is 60.8 Å². The van der Waals surface area contributed by atoms with Gasteiger partial charge in [-0.05, 0) is 110 Å². The lowest BCUT2D eigenvalue weighted by molar-refractivity contribution is 0.484. The molecule has 0 amide bonds. The minimum atomic E-state index is -0.226. The lowest BCUT2D eigenvalue weighted by Crippen LogP contribution is -2.15. The van der Waals surface area contributed by atoms with Crippen molar-refractivity contribution >= 4 is 0 Å². The molecule has 0 bridgehead atoms. The van der Waals surface area contributed by atoms with Gasteiger partial charge in [-0.1, -0.05) is 147 Å². The van der Waals surface area contributed by atoms with Gasteiger partial charge in [0.15, 0.2) is 5.82 Å². The number of hydrogen-bond acceptors (Lipinski definition) is 5. The van der Waals surface area contributed by atoms with Gasteiger partial charge < -0.3 is 4.74 Å². The minimum Gasteiger partial charge on any atom is -0.456 e. The van der Waals surface area contributed by atoms with Gasteiger partial charge in [0.05, 0.1) is 17.1 Å². The van der Waals surface area contributed by atoms with Crippen molar-refractivity contribution in [3.8, 4) is 112 Å². The first-order valence-electron chi connectivity index (χ1n) is 21.7. The monoisotopic (exact) mass is 820 g/mol. The third-order valence-corrected chi connectivity index (χ3v) is 12.9. The van der Waals surface area contributed by atoms with E-state index in [4.69, 9.17) is 19.7 Å². The van der Waals surface area contributed by atoms with Crippen molar-refractivity contribution in [1.29, 1.82) is 0 Å². The molecular formula is C59H40N4O. The van der Waals surface area contributed by atoms with E-state index in [0.717, 1.165) is 95.3 Å². The molecule has 2 aliphatic rings. The highest BCUT2D eigenvalue weighted by Gasteiger charge is 2.37. The molecule has 302 valence electrons. The highest BCUT2D eigenvalue weighted by Crippen LogP contribution is 2.55. The predicted octanol–water partition coefficient (Wildman–Crippen LogP) is 15.0. The van der Waals surface area contributed by atoms with Crippen LogP contribution in [0.3, 0.4) is 0 Å². The summed E-state index contributed by atoms with van der Waals surface area (Å²) in [6.45, 7) is 4.64. The highest BCUT2D eigenvalue weighted by molar-refractivity contribution is 6.00. The van der Waals surface area contributed by atoms with Gasteiger partial charge in [0.1, 0.15) is 11.5 Å². The van der Waals surface area contributed by atoms with Crippen LogP contribution in [0, 0.1) is 0 Å². The van der Waals surface area contributed by atoms with Crippen LogP contribution in [-0.2, 0) is 5.41 Å². The number of rotatable bonds is 4. The summed E-state index contributed by atoms with van der Waals surface area (Å²) in [6, 6.07) is 66.5. The van der Waals surface area contributed by atoms with E-state index in [1.807, 2.05) is 54.9 Å². The normalized spacial score (nSPS) is 12.8. The highest BCUT2D eigenvalue weighted by atomic mass is 16.5. The third-order valence-electron chi connectivity index (χ3n) is 12.9. The first kappa shape index (κ1) is 37.5. The Kier molecular flexibility index (Phi) is 8.76. The fourth-order valence-electron chi connectivity index (χ4n) is 9.68. The van der Waals surface area contributed by atoms with E-state index < -0.39 is 0 Å². The smallest absolute Gasteiger partial charge is 0.161 e. The fourth-order valence-corrected chi connectivity index (χ4v) is 9.68. The van der Waals surface area contributed by atoms with Gasteiger partial charge in [0.25, 0.3) is 0 Å². The first-order chi connectivity index (χ1) is 31.5. The van der Waals surface area contributed by atoms with Crippen LogP contribution in [0.5, 0.6) is 11.5 Å². The summed E-state index contributed by atoms with van der Waals surface area (Å²) in [7, 11) is 0. The molecule has 5 heteroatoms. The average molecular weight is 821 g/mol. The van der Waals surface area contributed by atoms with Gasteiger partial charge in [0.2, 0.25) is 0 Å². The minimum absolute atomic E-state index is 0.226. The van der Waals surface area contributed by atoms with Gasteiger partial charge in [0, 0.05) is 57.4 Å². The Balaban J connectivity index is 1.13. The number of aromatic nitrogens is 4. The summed E-state index contributed by atoms with van der Waals surface area (Å²) in [4.78, 5) is 19.6. The molecule has 0 atom stereocenters. The van der Waals surface area contributed by atoms with Crippen molar-refractivity contribution in [2.24, 2.45) is 0 Å².